The molecule has 0 unspecified atom stereocenters. The fourth-order valence-corrected chi connectivity index (χ4v) is 4.02. The predicted octanol–water partition coefficient (Wildman–Crippen LogP) is 3.93. The van der Waals surface area contributed by atoms with Gasteiger partial charge in [-0.2, -0.15) is 0 Å². The molecule has 1 fully saturated rings. The van der Waals surface area contributed by atoms with E-state index in [0.29, 0.717) is 18.8 Å². The van der Waals surface area contributed by atoms with Gasteiger partial charge < -0.3 is 19.9 Å². The predicted molar refractivity (Wildman–Crippen MR) is 128 cm³/mol. The molecule has 2 heterocycles. The van der Waals surface area contributed by atoms with E-state index in [1.165, 1.54) is 11.3 Å². The molecular weight excluding hydrogens is 400 g/mol. The second-order valence-corrected chi connectivity index (χ2v) is 8.12. The first kappa shape index (κ1) is 22.0. The average molecular weight is 433 g/mol. The van der Waals surface area contributed by atoms with Gasteiger partial charge in [0.15, 0.2) is 0 Å². The smallest absolute Gasteiger partial charge is 0.267 e. The third kappa shape index (κ3) is 6.14. The molecule has 2 N–H and O–H groups in total. The van der Waals surface area contributed by atoms with Crippen LogP contribution >= 0.6 is 0 Å². The number of unbranched alkanes of at least 4 members (excludes halogenated alkanes) is 1. The van der Waals surface area contributed by atoms with Crippen LogP contribution in [0.2, 0.25) is 0 Å². The molecule has 2 aromatic carbocycles. The minimum atomic E-state index is -0.0308. The molecule has 0 saturated carbocycles. The zero-order valence-corrected chi connectivity index (χ0v) is 18.5. The molecule has 0 atom stereocenters. The highest BCUT2D eigenvalue weighted by molar-refractivity contribution is 5.92. The number of anilines is 1. The normalized spacial score (nSPS) is 14.3. The molecule has 1 aliphatic heterocycles. The third-order valence-electron chi connectivity index (χ3n) is 5.84. The molecule has 4 rings (SSSR count). The monoisotopic (exact) mass is 432 g/mol. The molecule has 0 bridgehead atoms. The Morgan fingerprint density at radius 1 is 0.906 bits per heavy atom. The number of rotatable bonds is 10. The van der Waals surface area contributed by atoms with Gasteiger partial charge in [0.1, 0.15) is 18.1 Å². The summed E-state index contributed by atoms with van der Waals surface area (Å²) in [7, 11) is 0. The highest BCUT2D eigenvalue weighted by Gasteiger charge is 2.19. The number of hydrogen-bond acceptors (Lipinski definition) is 4. The van der Waals surface area contributed by atoms with Gasteiger partial charge in [0.05, 0.1) is 5.69 Å². The van der Waals surface area contributed by atoms with Crippen molar-refractivity contribution in [3.8, 4) is 5.75 Å². The number of para-hydroxylation sites is 2. The summed E-state index contributed by atoms with van der Waals surface area (Å²) >= 11 is 0. The van der Waals surface area contributed by atoms with Crippen LogP contribution < -0.4 is 15.0 Å². The van der Waals surface area contributed by atoms with E-state index in [2.05, 4.69) is 50.4 Å². The standard InChI is InChI=1S/C26H32N4O2/c31-26(23-11-8-15-27-23)28-14-6-7-16-29-17-19-30(20-18-29)24-12-4-5-13-25(24)32-21-22-9-2-1-3-10-22/h1-5,8-13,15,27H,6-7,14,16-21H2,(H,28,31). The number of piperazine rings is 1. The number of amides is 1. The molecule has 0 spiro atoms. The van der Waals surface area contributed by atoms with Gasteiger partial charge in [0, 0.05) is 38.9 Å². The van der Waals surface area contributed by atoms with Gasteiger partial charge in [-0.3, -0.25) is 9.69 Å². The van der Waals surface area contributed by atoms with E-state index in [1.54, 1.807) is 12.3 Å². The van der Waals surface area contributed by atoms with Gasteiger partial charge in [-0.15, -0.1) is 0 Å². The molecule has 1 aromatic heterocycles. The Bertz CT molecular complexity index is 951. The second kappa shape index (κ2) is 11.4. The molecule has 1 aliphatic rings. The zero-order chi connectivity index (χ0) is 22.0. The number of aromatic nitrogens is 1. The van der Waals surface area contributed by atoms with Crippen molar-refractivity contribution in [1.82, 2.24) is 15.2 Å². The van der Waals surface area contributed by atoms with Gasteiger partial charge >= 0.3 is 0 Å². The molecule has 0 radical (unpaired) electrons. The molecule has 1 amide bonds. The Kier molecular flexibility index (Phi) is 7.82. The Morgan fingerprint density at radius 2 is 1.69 bits per heavy atom. The van der Waals surface area contributed by atoms with Gasteiger partial charge in [-0.25, -0.2) is 0 Å². The minimum absolute atomic E-state index is 0.0308. The molecule has 6 nitrogen and oxygen atoms in total. The number of carbonyl (C=O) groups is 1. The Morgan fingerprint density at radius 3 is 2.47 bits per heavy atom. The Labute approximate surface area is 190 Å². The summed E-state index contributed by atoms with van der Waals surface area (Å²) in [4.78, 5) is 19.8. The third-order valence-corrected chi connectivity index (χ3v) is 5.84. The number of aromatic amines is 1. The number of hydrogen-bond donors (Lipinski definition) is 2. The Hall–Kier alpha value is -3.25. The molecule has 3 aromatic rings. The summed E-state index contributed by atoms with van der Waals surface area (Å²) in [5.41, 5.74) is 2.97. The summed E-state index contributed by atoms with van der Waals surface area (Å²) in [6.45, 7) is 6.44. The lowest BCUT2D eigenvalue weighted by atomic mass is 10.2. The van der Waals surface area contributed by atoms with E-state index in [4.69, 9.17) is 4.74 Å². The number of carbonyl (C=O) groups excluding carboxylic acids is 1. The van der Waals surface area contributed by atoms with Gasteiger partial charge in [-0.1, -0.05) is 42.5 Å². The molecule has 168 valence electrons. The van der Waals surface area contributed by atoms with Crippen LogP contribution in [0.4, 0.5) is 5.69 Å². The van der Waals surface area contributed by atoms with Crippen molar-refractivity contribution >= 4 is 11.6 Å². The zero-order valence-electron chi connectivity index (χ0n) is 18.5. The van der Waals surface area contributed by atoms with Crippen molar-refractivity contribution < 1.29 is 9.53 Å². The van der Waals surface area contributed by atoms with E-state index in [1.807, 2.05) is 30.3 Å². The van der Waals surface area contributed by atoms with E-state index in [0.717, 1.165) is 51.3 Å². The first-order valence-electron chi connectivity index (χ1n) is 11.4. The van der Waals surface area contributed by atoms with Crippen molar-refractivity contribution in [1.29, 1.82) is 0 Å². The molecule has 32 heavy (non-hydrogen) atoms. The van der Waals surface area contributed by atoms with Crippen LogP contribution in [0.15, 0.2) is 72.9 Å². The first-order valence-corrected chi connectivity index (χ1v) is 11.4. The van der Waals surface area contributed by atoms with Gasteiger partial charge in [-0.05, 0) is 49.2 Å². The first-order chi connectivity index (χ1) is 15.8. The van der Waals surface area contributed by atoms with E-state index < -0.39 is 0 Å². The summed E-state index contributed by atoms with van der Waals surface area (Å²) in [6.07, 6.45) is 3.84. The SMILES string of the molecule is O=C(NCCCCN1CCN(c2ccccc2OCc2ccccc2)CC1)c1ccc[nH]1. The van der Waals surface area contributed by atoms with Crippen molar-refractivity contribution in [3.05, 3.63) is 84.2 Å². The summed E-state index contributed by atoms with van der Waals surface area (Å²) in [6, 6.07) is 22.2. The second-order valence-electron chi connectivity index (χ2n) is 8.12. The average Bonchev–Trinajstić information content (AvgIpc) is 3.39. The van der Waals surface area contributed by atoms with Crippen LogP contribution in [-0.4, -0.2) is 55.1 Å². The molecular formula is C26H32N4O2. The van der Waals surface area contributed by atoms with Gasteiger partial charge in [0.25, 0.3) is 5.91 Å². The number of nitrogens with zero attached hydrogens (tertiary/aromatic N) is 2. The van der Waals surface area contributed by atoms with E-state index in [9.17, 15) is 4.79 Å². The number of H-pyrrole nitrogens is 1. The number of benzene rings is 2. The summed E-state index contributed by atoms with van der Waals surface area (Å²) < 4.78 is 6.15. The fraction of sp³-hybridized carbons (Fsp3) is 0.346. The molecule has 6 heteroatoms. The largest absolute Gasteiger partial charge is 0.487 e. The molecule has 0 aliphatic carbocycles. The maximum atomic E-state index is 11.9. The van der Waals surface area contributed by atoms with Crippen LogP contribution in [0.5, 0.6) is 5.75 Å². The Balaban J connectivity index is 1.17. The highest BCUT2D eigenvalue weighted by Crippen LogP contribution is 2.29. The number of nitrogens with one attached hydrogen (secondary N) is 2. The van der Waals surface area contributed by atoms with Crippen molar-refractivity contribution in [3.63, 3.8) is 0 Å². The van der Waals surface area contributed by atoms with Crippen LogP contribution in [0.3, 0.4) is 0 Å². The van der Waals surface area contributed by atoms with Gasteiger partial charge in [0.2, 0.25) is 0 Å². The molecule has 1 saturated heterocycles. The van der Waals surface area contributed by atoms with Crippen LogP contribution in [-0.2, 0) is 6.61 Å². The van der Waals surface area contributed by atoms with Crippen LogP contribution in [0, 0.1) is 0 Å². The maximum absolute atomic E-state index is 11.9. The lowest BCUT2D eigenvalue weighted by Crippen LogP contribution is -2.46. The number of ether oxygens (including phenoxy) is 1. The lowest BCUT2D eigenvalue weighted by molar-refractivity contribution is 0.0948. The van der Waals surface area contributed by atoms with E-state index >= 15 is 0 Å². The quantitative estimate of drug-likeness (QED) is 0.477. The maximum Gasteiger partial charge on any atom is 0.267 e. The fourth-order valence-electron chi connectivity index (χ4n) is 4.02. The van der Waals surface area contributed by atoms with Crippen molar-refractivity contribution in [2.75, 3.05) is 44.2 Å². The summed E-state index contributed by atoms with van der Waals surface area (Å²) in [5.74, 6) is 0.916. The van der Waals surface area contributed by atoms with Crippen molar-refractivity contribution in [2.45, 2.75) is 19.4 Å². The lowest BCUT2D eigenvalue weighted by Gasteiger charge is -2.36. The van der Waals surface area contributed by atoms with Crippen LogP contribution in [0.25, 0.3) is 0 Å². The highest BCUT2D eigenvalue weighted by atomic mass is 16.5. The van der Waals surface area contributed by atoms with Crippen molar-refractivity contribution in [2.24, 2.45) is 0 Å². The van der Waals surface area contributed by atoms with E-state index in [-0.39, 0.29) is 5.91 Å². The minimum Gasteiger partial charge on any atom is -0.487 e. The topological polar surface area (TPSA) is 60.6 Å². The summed E-state index contributed by atoms with van der Waals surface area (Å²) in [5, 5.41) is 2.97. The van der Waals surface area contributed by atoms with Crippen LogP contribution in [0.1, 0.15) is 28.9 Å².